The first-order valence-electron chi connectivity index (χ1n) is 5.34. The molecule has 0 saturated carbocycles. The van der Waals surface area contributed by atoms with E-state index in [2.05, 4.69) is 5.10 Å². The van der Waals surface area contributed by atoms with Gasteiger partial charge in [0.05, 0.1) is 12.1 Å². The molecule has 1 heterocycles. The van der Waals surface area contributed by atoms with Gasteiger partial charge in [0.2, 0.25) is 0 Å². The first-order valence-corrected chi connectivity index (χ1v) is 6.74. The molecule has 0 bridgehead atoms. The van der Waals surface area contributed by atoms with E-state index in [1.54, 1.807) is 37.3 Å². The number of hydrogen-bond acceptors (Lipinski definition) is 4. The Morgan fingerprint density at radius 2 is 1.89 bits per heavy atom. The summed E-state index contributed by atoms with van der Waals surface area (Å²) >= 11 is 0. The van der Waals surface area contributed by atoms with Crippen molar-refractivity contribution in [3.8, 4) is 0 Å². The number of para-hydroxylation sites is 1. The fourth-order valence-electron chi connectivity index (χ4n) is 1.60. The Kier molecular flexibility index (Phi) is 3.08. The third-order valence-corrected chi connectivity index (χ3v) is 4.19. The number of hydrogen-bond donors (Lipinski definition) is 0. The van der Waals surface area contributed by atoms with Gasteiger partial charge in [-0.1, -0.05) is 18.2 Å². The Morgan fingerprint density at radius 1 is 1.28 bits per heavy atom. The van der Waals surface area contributed by atoms with Crippen molar-refractivity contribution in [2.75, 3.05) is 11.4 Å². The summed E-state index contributed by atoms with van der Waals surface area (Å²) in [6.07, 6.45) is 0.0435. The summed E-state index contributed by atoms with van der Waals surface area (Å²) in [4.78, 5) is 11.6. The smallest absolute Gasteiger partial charge is 0.271 e. The molecule has 1 aromatic carbocycles. The van der Waals surface area contributed by atoms with Crippen LogP contribution < -0.4 is 4.31 Å². The van der Waals surface area contributed by atoms with Crippen LogP contribution in [0.3, 0.4) is 0 Å². The van der Waals surface area contributed by atoms with Crippen molar-refractivity contribution in [3.05, 3.63) is 30.3 Å². The maximum absolute atomic E-state index is 12.2. The first-order chi connectivity index (χ1) is 8.43. The highest BCUT2D eigenvalue weighted by Gasteiger charge is 2.35. The second-order valence-corrected chi connectivity index (χ2v) is 5.75. The third-order valence-electron chi connectivity index (χ3n) is 2.57. The first kappa shape index (κ1) is 12.6. The van der Waals surface area contributed by atoms with Gasteiger partial charge in [-0.2, -0.15) is 13.5 Å². The van der Waals surface area contributed by atoms with E-state index < -0.39 is 16.1 Å². The monoisotopic (exact) mass is 267 g/mol. The van der Waals surface area contributed by atoms with Gasteiger partial charge in [-0.3, -0.25) is 9.10 Å². The predicted octanol–water partition coefficient (Wildman–Crippen LogP) is 0.976. The van der Waals surface area contributed by atoms with Gasteiger partial charge < -0.3 is 0 Å². The number of carbonyl (C=O) groups excluding carboxylic acids is 1. The van der Waals surface area contributed by atoms with E-state index in [9.17, 15) is 13.2 Å². The van der Waals surface area contributed by atoms with Gasteiger partial charge in [0.15, 0.2) is 0 Å². The maximum atomic E-state index is 12.2. The lowest BCUT2D eigenvalue weighted by Crippen LogP contribution is -2.40. The molecule has 1 amide bonds. The highest BCUT2D eigenvalue weighted by atomic mass is 32.2. The van der Waals surface area contributed by atoms with Gasteiger partial charge in [0.25, 0.3) is 5.91 Å². The number of nitrogens with zero attached hydrogens (tertiary/aromatic N) is 3. The fourth-order valence-corrected chi connectivity index (χ4v) is 2.78. The number of amides is 1. The van der Waals surface area contributed by atoms with Crippen molar-refractivity contribution in [1.29, 1.82) is 0 Å². The molecule has 0 N–H and O–H groups in total. The summed E-state index contributed by atoms with van der Waals surface area (Å²) in [6.45, 7) is 1.62. The van der Waals surface area contributed by atoms with Gasteiger partial charge >= 0.3 is 10.2 Å². The van der Waals surface area contributed by atoms with Crippen LogP contribution in [0, 0.1) is 0 Å². The Labute approximate surface area is 106 Å². The maximum Gasteiger partial charge on any atom is 0.348 e. The van der Waals surface area contributed by atoms with Crippen LogP contribution in [0.15, 0.2) is 35.4 Å². The molecule has 18 heavy (non-hydrogen) atoms. The SMILES string of the molecule is CC1=NN(S(=O)(=O)N(C)c2ccccc2)C(=O)C1. The number of benzene rings is 1. The molecule has 0 saturated heterocycles. The van der Waals surface area contributed by atoms with Gasteiger partial charge in [-0.25, -0.2) is 0 Å². The van der Waals surface area contributed by atoms with Crippen LogP contribution in [-0.2, 0) is 15.0 Å². The second-order valence-electron chi connectivity index (χ2n) is 3.96. The molecule has 0 unspecified atom stereocenters. The summed E-state index contributed by atoms with van der Waals surface area (Å²) in [5.41, 5.74) is 0.968. The minimum absolute atomic E-state index is 0.0435. The fraction of sp³-hybridized carbons (Fsp3) is 0.273. The van der Waals surface area contributed by atoms with E-state index in [4.69, 9.17) is 0 Å². The van der Waals surface area contributed by atoms with E-state index in [0.29, 0.717) is 15.8 Å². The molecule has 0 fully saturated rings. The zero-order valence-electron chi connectivity index (χ0n) is 10.1. The average molecular weight is 267 g/mol. The van der Waals surface area contributed by atoms with E-state index in [1.165, 1.54) is 7.05 Å². The summed E-state index contributed by atoms with van der Waals surface area (Å²) in [5.74, 6) is -0.532. The minimum Gasteiger partial charge on any atom is -0.271 e. The molecule has 6 nitrogen and oxygen atoms in total. The highest BCUT2D eigenvalue weighted by molar-refractivity contribution is 7.91. The van der Waals surface area contributed by atoms with E-state index in [1.807, 2.05) is 0 Å². The highest BCUT2D eigenvalue weighted by Crippen LogP contribution is 2.21. The number of rotatable bonds is 3. The van der Waals surface area contributed by atoms with Crippen LogP contribution in [0.1, 0.15) is 13.3 Å². The molecular weight excluding hydrogens is 254 g/mol. The zero-order valence-corrected chi connectivity index (χ0v) is 10.9. The van der Waals surface area contributed by atoms with Crippen LogP contribution in [0.5, 0.6) is 0 Å². The third kappa shape index (κ3) is 2.08. The Balaban J connectivity index is 2.35. The van der Waals surface area contributed by atoms with Gasteiger partial charge in [-0.15, -0.1) is 4.41 Å². The predicted molar refractivity (Wildman–Crippen MR) is 68.3 cm³/mol. The van der Waals surface area contributed by atoms with Crippen LogP contribution in [-0.4, -0.2) is 31.5 Å². The van der Waals surface area contributed by atoms with Crippen LogP contribution in [0.25, 0.3) is 0 Å². The average Bonchev–Trinajstić information content (AvgIpc) is 2.69. The molecule has 0 spiro atoms. The van der Waals surface area contributed by atoms with Crippen molar-refractivity contribution in [2.24, 2.45) is 5.10 Å². The minimum atomic E-state index is -3.94. The van der Waals surface area contributed by atoms with Crippen LogP contribution in [0.2, 0.25) is 0 Å². The lowest BCUT2D eigenvalue weighted by Gasteiger charge is -2.22. The quantitative estimate of drug-likeness (QED) is 0.819. The lowest BCUT2D eigenvalue weighted by molar-refractivity contribution is -0.124. The molecule has 0 aliphatic carbocycles. The number of hydrazone groups is 1. The molecule has 0 radical (unpaired) electrons. The van der Waals surface area contributed by atoms with Gasteiger partial charge in [-0.05, 0) is 19.1 Å². The topological polar surface area (TPSA) is 70.1 Å². The largest absolute Gasteiger partial charge is 0.348 e. The Morgan fingerprint density at radius 3 is 2.39 bits per heavy atom. The normalized spacial score (nSPS) is 15.8. The molecule has 96 valence electrons. The van der Waals surface area contributed by atoms with E-state index in [-0.39, 0.29) is 6.42 Å². The van der Waals surface area contributed by atoms with Crippen molar-refractivity contribution in [2.45, 2.75) is 13.3 Å². The summed E-state index contributed by atoms with van der Waals surface area (Å²) in [7, 11) is -2.55. The van der Waals surface area contributed by atoms with Crippen molar-refractivity contribution in [3.63, 3.8) is 0 Å². The Bertz CT molecular complexity index is 595. The molecule has 2 rings (SSSR count). The Hall–Kier alpha value is -1.89. The van der Waals surface area contributed by atoms with E-state index in [0.717, 1.165) is 4.31 Å². The van der Waals surface area contributed by atoms with Crippen LogP contribution in [0.4, 0.5) is 5.69 Å². The molecular formula is C11H13N3O3S. The molecule has 7 heteroatoms. The molecule has 1 aliphatic rings. The summed E-state index contributed by atoms with van der Waals surface area (Å²) in [6, 6.07) is 8.53. The van der Waals surface area contributed by atoms with Crippen molar-refractivity contribution >= 4 is 27.5 Å². The van der Waals surface area contributed by atoms with E-state index >= 15 is 0 Å². The number of carbonyl (C=O) groups is 1. The summed E-state index contributed by atoms with van der Waals surface area (Å²) < 4.78 is 26.0. The molecule has 1 aliphatic heterocycles. The van der Waals surface area contributed by atoms with Gasteiger partial charge in [0.1, 0.15) is 0 Å². The molecule has 1 aromatic rings. The second kappa shape index (κ2) is 4.41. The standard InChI is InChI=1S/C11H13N3O3S/c1-9-8-11(15)14(12-9)18(16,17)13(2)10-6-4-3-5-7-10/h3-7H,8H2,1-2H3. The van der Waals surface area contributed by atoms with Gasteiger partial charge in [0, 0.05) is 12.8 Å². The zero-order chi connectivity index (χ0) is 13.3. The van der Waals surface area contributed by atoms with Crippen molar-refractivity contribution < 1.29 is 13.2 Å². The van der Waals surface area contributed by atoms with Crippen molar-refractivity contribution in [1.82, 2.24) is 4.41 Å². The number of anilines is 1. The van der Waals surface area contributed by atoms with Crippen LogP contribution >= 0.6 is 0 Å². The molecule has 0 aromatic heterocycles. The lowest BCUT2D eigenvalue weighted by atomic mass is 10.3. The molecule has 0 atom stereocenters. The summed E-state index contributed by atoms with van der Waals surface area (Å²) in [5, 5.41) is 3.76.